The summed E-state index contributed by atoms with van der Waals surface area (Å²) in [5.41, 5.74) is 0.930. The molecule has 0 aliphatic heterocycles. The molecule has 5 nitrogen and oxygen atoms in total. The van der Waals surface area contributed by atoms with E-state index < -0.39 is 0 Å². The molecular weight excluding hydrogens is 278 g/mol. The van der Waals surface area contributed by atoms with Crippen molar-refractivity contribution in [1.82, 2.24) is 14.9 Å². The number of benzene rings is 1. The quantitative estimate of drug-likeness (QED) is 0.892. The van der Waals surface area contributed by atoms with E-state index in [2.05, 4.69) is 24.1 Å². The summed E-state index contributed by atoms with van der Waals surface area (Å²) in [6.45, 7) is 4.15. The van der Waals surface area contributed by atoms with Gasteiger partial charge < -0.3 is 14.6 Å². The lowest BCUT2D eigenvalue weighted by Crippen LogP contribution is -2.34. The van der Waals surface area contributed by atoms with E-state index in [0.717, 1.165) is 17.1 Å². The topological polar surface area (TPSA) is 56.1 Å². The molecule has 118 valence electrons. The van der Waals surface area contributed by atoms with E-state index in [-0.39, 0.29) is 17.9 Å². The number of nitrogens with zero attached hydrogens (tertiary/aromatic N) is 2. The molecule has 0 aliphatic rings. The Morgan fingerprint density at radius 2 is 2.18 bits per heavy atom. The molecule has 1 unspecified atom stereocenters. The number of hydrogen-bond acceptors (Lipinski definition) is 3. The molecule has 1 atom stereocenters. The number of methoxy groups -OCH3 is 1. The molecule has 0 spiro atoms. The van der Waals surface area contributed by atoms with Crippen LogP contribution >= 0.6 is 0 Å². The van der Waals surface area contributed by atoms with Crippen LogP contribution in [-0.4, -0.2) is 22.6 Å². The van der Waals surface area contributed by atoms with E-state index in [0.29, 0.717) is 6.42 Å². The van der Waals surface area contributed by atoms with Crippen LogP contribution in [0.25, 0.3) is 0 Å². The van der Waals surface area contributed by atoms with Crippen molar-refractivity contribution in [2.45, 2.75) is 26.3 Å². The second-order valence-corrected chi connectivity index (χ2v) is 5.71. The van der Waals surface area contributed by atoms with E-state index in [4.69, 9.17) is 4.74 Å². The third-order valence-electron chi connectivity index (χ3n) is 3.62. The van der Waals surface area contributed by atoms with Crippen LogP contribution in [0.1, 0.15) is 31.3 Å². The van der Waals surface area contributed by atoms with Crippen molar-refractivity contribution < 1.29 is 9.53 Å². The lowest BCUT2D eigenvalue weighted by Gasteiger charge is -2.22. The summed E-state index contributed by atoms with van der Waals surface area (Å²) in [5.74, 6) is 1.87. The molecule has 22 heavy (non-hydrogen) atoms. The van der Waals surface area contributed by atoms with Crippen molar-refractivity contribution in [3.8, 4) is 5.75 Å². The lowest BCUT2D eigenvalue weighted by atomic mass is 10.0. The molecule has 2 aromatic rings. The number of aryl methyl sites for hydroxylation is 1. The molecule has 1 aromatic heterocycles. The minimum Gasteiger partial charge on any atom is -0.497 e. The van der Waals surface area contributed by atoms with Gasteiger partial charge in [-0.05, 0) is 23.6 Å². The van der Waals surface area contributed by atoms with Crippen molar-refractivity contribution in [2.75, 3.05) is 7.11 Å². The van der Waals surface area contributed by atoms with Gasteiger partial charge in [0, 0.05) is 19.4 Å². The van der Waals surface area contributed by atoms with Crippen LogP contribution in [0.15, 0.2) is 36.7 Å². The first-order valence-electron chi connectivity index (χ1n) is 7.40. The highest BCUT2D eigenvalue weighted by atomic mass is 16.5. The molecule has 0 saturated heterocycles. The molecule has 1 N–H and O–H groups in total. The maximum atomic E-state index is 12.3. The largest absolute Gasteiger partial charge is 0.497 e. The van der Waals surface area contributed by atoms with Crippen molar-refractivity contribution >= 4 is 5.91 Å². The minimum atomic E-state index is -0.0990. The third-order valence-corrected chi connectivity index (χ3v) is 3.62. The maximum absolute atomic E-state index is 12.3. The zero-order valence-corrected chi connectivity index (χ0v) is 13.5. The normalized spacial score (nSPS) is 12.2. The summed E-state index contributed by atoms with van der Waals surface area (Å²) in [7, 11) is 3.56. The molecule has 1 aromatic carbocycles. The van der Waals surface area contributed by atoms with Gasteiger partial charge in [-0.2, -0.15) is 0 Å². The minimum absolute atomic E-state index is 0.0186. The fourth-order valence-electron chi connectivity index (χ4n) is 2.40. The SMILES string of the molecule is COc1cccc(CC(=O)NC(c2nccn2C)C(C)C)c1. The molecule has 0 saturated carbocycles. The molecule has 0 fully saturated rings. The second-order valence-electron chi connectivity index (χ2n) is 5.71. The van der Waals surface area contributed by atoms with Crippen LogP contribution in [0.3, 0.4) is 0 Å². The highest BCUT2D eigenvalue weighted by Crippen LogP contribution is 2.20. The van der Waals surface area contributed by atoms with Crippen LogP contribution in [0.4, 0.5) is 0 Å². The third kappa shape index (κ3) is 3.87. The van der Waals surface area contributed by atoms with Gasteiger partial charge in [0.25, 0.3) is 0 Å². The molecule has 0 bridgehead atoms. The molecule has 2 rings (SSSR count). The van der Waals surface area contributed by atoms with Crippen LogP contribution in [0, 0.1) is 5.92 Å². The standard InChI is InChI=1S/C17H23N3O2/c1-12(2)16(17-18-8-9-20(17)3)19-15(21)11-13-6-5-7-14(10-13)22-4/h5-10,12,16H,11H2,1-4H3,(H,19,21). The Morgan fingerprint density at radius 3 is 2.77 bits per heavy atom. The monoisotopic (exact) mass is 301 g/mol. The fourth-order valence-corrected chi connectivity index (χ4v) is 2.40. The number of rotatable bonds is 6. The van der Waals surface area contributed by atoms with Gasteiger partial charge in [-0.15, -0.1) is 0 Å². The molecular formula is C17H23N3O2. The number of aromatic nitrogens is 2. The van der Waals surface area contributed by atoms with Crippen LogP contribution < -0.4 is 10.1 Å². The summed E-state index contributed by atoms with van der Waals surface area (Å²) in [5, 5.41) is 3.08. The van der Waals surface area contributed by atoms with E-state index in [9.17, 15) is 4.79 Å². The molecule has 0 aliphatic carbocycles. The number of hydrogen-bond donors (Lipinski definition) is 1. The van der Waals surface area contributed by atoms with Gasteiger partial charge in [-0.25, -0.2) is 4.98 Å². The number of carbonyl (C=O) groups is 1. The first-order chi connectivity index (χ1) is 10.5. The van der Waals surface area contributed by atoms with Gasteiger partial charge in [-0.1, -0.05) is 26.0 Å². The summed E-state index contributed by atoms with van der Waals surface area (Å²) in [6.07, 6.45) is 3.96. The lowest BCUT2D eigenvalue weighted by molar-refractivity contribution is -0.121. The Hall–Kier alpha value is -2.30. The Kier molecular flexibility index (Phi) is 5.20. The van der Waals surface area contributed by atoms with Crippen molar-refractivity contribution in [3.05, 3.63) is 48.0 Å². The van der Waals surface area contributed by atoms with Crippen LogP contribution in [0.2, 0.25) is 0 Å². The smallest absolute Gasteiger partial charge is 0.225 e. The van der Waals surface area contributed by atoms with Crippen LogP contribution in [-0.2, 0) is 18.3 Å². The predicted octanol–water partition coefficient (Wildman–Crippen LogP) is 2.48. The first kappa shape index (κ1) is 16.1. The zero-order valence-electron chi connectivity index (χ0n) is 13.5. The van der Waals surface area contributed by atoms with Gasteiger partial charge >= 0.3 is 0 Å². The maximum Gasteiger partial charge on any atom is 0.225 e. The van der Waals surface area contributed by atoms with E-state index >= 15 is 0 Å². The van der Waals surface area contributed by atoms with E-state index in [1.54, 1.807) is 13.3 Å². The molecule has 0 radical (unpaired) electrons. The van der Waals surface area contributed by atoms with Gasteiger partial charge in [0.1, 0.15) is 11.6 Å². The first-order valence-corrected chi connectivity index (χ1v) is 7.40. The fraction of sp³-hybridized carbons (Fsp3) is 0.412. The highest BCUT2D eigenvalue weighted by Gasteiger charge is 2.21. The predicted molar refractivity (Wildman–Crippen MR) is 85.6 cm³/mol. The molecule has 5 heteroatoms. The molecule has 1 amide bonds. The Labute approximate surface area is 131 Å². The zero-order chi connectivity index (χ0) is 16.1. The Bertz CT molecular complexity index is 634. The summed E-state index contributed by atoms with van der Waals surface area (Å²) >= 11 is 0. The summed E-state index contributed by atoms with van der Waals surface area (Å²) in [4.78, 5) is 16.7. The van der Waals surface area contributed by atoms with Gasteiger partial charge in [-0.3, -0.25) is 4.79 Å². The summed E-state index contributed by atoms with van der Waals surface area (Å²) in [6, 6.07) is 7.46. The van der Waals surface area contributed by atoms with Gasteiger partial charge in [0.2, 0.25) is 5.91 Å². The van der Waals surface area contributed by atoms with E-state index in [1.807, 2.05) is 42.1 Å². The molecule has 1 heterocycles. The van der Waals surface area contributed by atoms with Crippen molar-refractivity contribution in [2.24, 2.45) is 13.0 Å². The Balaban J connectivity index is 2.07. The second kappa shape index (κ2) is 7.11. The average molecular weight is 301 g/mol. The van der Waals surface area contributed by atoms with Crippen LogP contribution in [0.5, 0.6) is 5.75 Å². The Morgan fingerprint density at radius 1 is 1.41 bits per heavy atom. The number of imidazole rings is 1. The number of carbonyl (C=O) groups excluding carboxylic acids is 1. The number of ether oxygens (including phenoxy) is 1. The van der Waals surface area contributed by atoms with Crippen molar-refractivity contribution in [1.29, 1.82) is 0 Å². The van der Waals surface area contributed by atoms with Crippen molar-refractivity contribution in [3.63, 3.8) is 0 Å². The van der Waals surface area contributed by atoms with E-state index in [1.165, 1.54) is 0 Å². The number of nitrogens with one attached hydrogen (secondary N) is 1. The summed E-state index contributed by atoms with van der Waals surface area (Å²) < 4.78 is 7.13. The number of amides is 1. The highest BCUT2D eigenvalue weighted by molar-refractivity contribution is 5.79. The van der Waals surface area contributed by atoms with Gasteiger partial charge in [0.15, 0.2) is 0 Å². The average Bonchev–Trinajstić information content (AvgIpc) is 2.90. The van der Waals surface area contributed by atoms with Gasteiger partial charge in [0.05, 0.1) is 19.6 Å².